The molecule has 2 aliphatic carbocycles. The fourth-order valence-corrected chi connectivity index (χ4v) is 8.93. The van der Waals surface area contributed by atoms with Crippen LogP contribution in [-0.2, 0) is 0 Å². The van der Waals surface area contributed by atoms with Crippen molar-refractivity contribution in [3.63, 3.8) is 0 Å². The van der Waals surface area contributed by atoms with Gasteiger partial charge in [0.2, 0.25) is 0 Å². The molecule has 0 bridgehead atoms. The average molecular weight is 719 g/mol. The van der Waals surface area contributed by atoms with Crippen LogP contribution in [0, 0.1) is 0 Å². The SMILES string of the molecule is C1=CCCC(c2ncnc(C3C=CC=CC3)c2N2c3cc(-c4ccccc4)ccc3-n3c4ccc(-c5ccccc5)cc4c4cc(-c5ccccc5)cc2c43)=C1. The van der Waals surface area contributed by atoms with Gasteiger partial charge in [0.05, 0.1) is 45.2 Å². The van der Waals surface area contributed by atoms with E-state index in [1.165, 1.54) is 55.2 Å². The summed E-state index contributed by atoms with van der Waals surface area (Å²) in [7, 11) is 0. The molecule has 56 heavy (non-hydrogen) atoms. The van der Waals surface area contributed by atoms with Gasteiger partial charge >= 0.3 is 0 Å². The first-order valence-corrected chi connectivity index (χ1v) is 19.6. The van der Waals surface area contributed by atoms with Crippen LogP contribution in [0.1, 0.15) is 36.6 Å². The fraction of sp³-hybridized carbons (Fsp3) is 0.0769. The number of aromatic nitrogens is 3. The molecular weight excluding hydrogens is 681 g/mol. The lowest BCUT2D eigenvalue weighted by Crippen LogP contribution is -2.23. The van der Waals surface area contributed by atoms with Gasteiger partial charge in [0.25, 0.3) is 0 Å². The van der Waals surface area contributed by atoms with Gasteiger partial charge in [0.1, 0.15) is 6.33 Å². The normalized spacial score (nSPS) is 15.7. The van der Waals surface area contributed by atoms with Crippen molar-refractivity contribution < 1.29 is 0 Å². The second kappa shape index (κ2) is 13.4. The van der Waals surface area contributed by atoms with Gasteiger partial charge in [-0.25, -0.2) is 9.97 Å². The smallest absolute Gasteiger partial charge is 0.116 e. The maximum atomic E-state index is 5.19. The Hall–Kier alpha value is -7.04. The maximum Gasteiger partial charge on any atom is 0.116 e. The second-order valence-electron chi connectivity index (χ2n) is 14.9. The first-order chi connectivity index (χ1) is 27.8. The van der Waals surface area contributed by atoms with E-state index < -0.39 is 0 Å². The summed E-state index contributed by atoms with van der Waals surface area (Å²) in [6.07, 6.45) is 20.1. The number of benzene rings is 6. The monoisotopic (exact) mass is 718 g/mol. The van der Waals surface area contributed by atoms with Crippen molar-refractivity contribution in [1.29, 1.82) is 0 Å². The molecule has 8 aromatic rings. The van der Waals surface area contributed by atoms with E-state index in [0.29, 0.717) is 0 Å². The molecule has 4 heteroatoms. The Morgan fingerprint density at radius 1 is 0.536 bits per heavy atom. The van der Waals surface area contributed by atoms with Gasteiger partial charge in [0.15, 0.2) is 0 Å². The topological polar surface area (TPSA) is 34.0 Å². The molecule has 0 amide bonds. The number of allylic oxidation sites excluding steroid dienone is 8. The summed E-state index contributed by atoms with van der Waals surface area (Å²) in [5.41, 5.74) is 17.2. The lowest BCUT2D eigenvalue weighted by molar-refractivity contribution is 0.803. The summed E-state index contributed by atoms with van der Waals surface area (Å²) in [5, 5.41) is 2.45. The molecule has 3 aliphatic rings. The molecule has 1 unspecified atom stereocenters. The highest BCUT2D eigenvalue weighted by Gasteiger charge is 2.35. The first kappa shape index (κ1) is 32.4. The molecule has 4 nitrogen and oxygen atoms in total. The van der Waals surface area contributed by atoms with Gasteiger partial charge in [-0.3, -0.25) is 0 Å². The highest BCUT2D eigenvalue weighted by molar-refractivity contribution is 6.19. The molecule has 2 aromatic heterocycles. The minimum atomic E-state index is 0.103. The fourth-order valence-electron chi connectivity index (χ4n) is 8.93. The second-order valence-corrected chi connectivity index (χ2v) is 14.9. The predicted octanol–water partition coefficient (Wildman–Crippen LogP) is 13.7. The van der Waals surface area contributed by atoms with Crippen LogP contribution in [0.5, 0.6) is 0 Å². The zero-order valence-corrected chi connectivity index (χ0v) is 30.9. The maximum absolute atomic E-state index is 5.19. The standard InChI is InChI=1S/C52H38N4/c1-6-16-35(17-7-1)40-26-28-45-43(30-40)44-31-42(37-20-10-3-11-21-37)33-48-51(44)55(45)46-29-27-41(36-18-8-2-9-19-36)32-47(46)56(48)52-49(38-22-12-4-13-23-38)53-34-54-50(52)39-24-14-5-15-25-39/h1-14,16-22,24,26-34,38H,15,23,25H2. The zero-order valence-electron chi connectivity index (χ0n) is 30.9. The highest BCUT2D eigenvalue weighted by atomic mass is 15.2. The largest absolute Gasteiger partial charge is 0.305 e. The molecule has 11 rings (SSSR count). The molecule has 1 atom stereocenters. The van der Waals surface area contributed by atoms with Crippen molar-refractivity contribution in [3.8, 4) is 39.1 Å². The summed E-state index contributed by atoms with van der Waals surface area (Å²) in [6, 6.07) is 51.0. The van der Waals surface area contributed by atoms with Gasteiger partial charge in [-0.1, -0.05) is 146 Å². The number of hydrogen-bond acceptors (Lipinski definition) is 3. The van der Waals surface area contributed by atoms with E-state index in [4.69, 9.17) is 9.97 Å². The van der Waals surface area contributed by atoms with E-state index in [-0.39, 0.29) is 5.92 Å². The van der Waals surface area contributed by atoms with Crippen molar-refractivity contribution in [1.82, 2.24) is 14.5 Å². The molecule has 0 radical (unpaired) electrons. The molecule has 266 valence electrons. The Morgan fingerprint density at radius 3 is 1.91 bits per heavy atom. The third-order valence-corrected chi connectivity index (χ3v) is 11.6. The Labute approximate surface area is 326 Å². The summed E-state index contributed by atoms with van der Waals surface area (Å²) < 4.78 is 2.50. The third-order valence-electron chi connectivity index (χ3n) is 11.6. The van der Waals surface area contributed by atoms with E-state index in [9.17, 15) is 0 Å². The van der Waals surface area contributed by atoms with Gasteiger partial charge in [-0.2, -0.15) is 0 Å². The van der Waals surface area contributed by atoms with Crippen molar-refractivity contribution in [3.05, 3.63) is 200 Å². The molecule has 6 aromatic carbocycles. The van der Waals surface area contributed by atoms with E-state index in [0.717, 1.165) is 59.0 Å². The molecule has 3 heterocycles. The van der Waals surface area contributed by atoms with Crippen LogP contribution in [0.25, 0.3) is 66.4 Å². The highest BCUT2D eigenvalue weighted by Crippen LogP contribution is 2.54. The third kappa shape index (κ3) is 5.29. The van der Waals surface area contributed by atoms with Gasteiger partial charge in [-0.15, -0.1) is 0 Å². The molecule has 1 aliphatic heterocycles. The number of hydrogen-bond donors (Lipinski definition) is 0. The minimum Gasteiger partial charge on any atom is -0.305 e. The van der Waals surface area contributed by atoms with Crippen LogP contribution >= 0.6 is 0 Å². The lowest BCUT2D eigenvalue weighted by atomic mass is 9.91. The summed E-state index contributed by atoms with van der Waals surface area (Å²) in [5.74, 6) is 0.103. The predicted molar refractivity (Wildman–Crippen MR) is 233 cm³/mol. The molecule has 0 saturated heterocycles. The van der Waals surface area contributed by atoms with Crippen LogP contribution in [-0.4, -0.2) is 14.5 Å². The van der Waals surface area contributed by atoms with Gasteiger partial charge in [-0.05, 0) is 94.6 Å². The van der Waals surface area contributed by atoms with E-state index in [1.54, 1.807) is 6.33 Å². The van der Waals surface area contributed by atoms with Crippen LogP contribution in [0.4, 0.5) is 17.1 Å². The summed E-state index contributed by atoms with van der Waals surface area (Å²) >= 11 is 0. The van der Waals surface area contributed by atoms with Crippen molar-refractivity contribution in [2.24, 2.45) is 0 Å². The van der Waals surface area contributed by atoms with E-state index >= 15 is 0 Å². The van der Waals surface area contributed by atoms with E-state index in [2.05, 4.69) is 192 Å². The van der Waals surface area contributed by atoms with Crippen molar-refractivity contribution >= 4 is 44.4 Å². The summed E-state index contributed by atoms with van der Waals surface area (Å²) in [6.45, 7) is 0. The molecule has 0 spiro atoms. The molecule has 0 fully saturated rings. The minimum absolute atomic E-state index is 0.103. The molecule has 0 saturated carbocycles. The van der Waals surface area contributed by atoms with E-state index in [1.807, 2.05) is 0 Å². The summed E-state index contributed by atoms with van der Waals surface area (Å²) in [4.78, 5) is 12.9. The number of anilines is 3. The van der Waals surface area contributed by atoms with Crippen molar-refractivity contribution in [2.75, 3.05) is 4.90 Å². The van der Waals surface area contributed by atoms with Crippen LogP contribution in [0.3, 0.4) is 0 Å². The average Bonchev–Trinajstić information content (AvgIpc) is 3.62. The number of nitrogens with zero attached hydrogens (tertiary/aromatic N) is 4. The first-order valence-electron chi connectivity index (χ1n) is 19.6. The van der Waals surface area contributed by atoms with Gasteiger partial charge in [0, 0.05) is 16.7 Å². The van der Waals surface area contributed by atoms with Crippen LogP contribution in [0.15, 0.2) is 188 Å². The Bertz CT molecular complexity index is 2930. The quantitative estimate of drug-likeness (QED) is 0.172. The Morgan fingerprint density at radius 2 is 1.21 bits per heavy atom. The van der Waals surface area contributed by atoms with Crippen LogP contribution < -0.4 is 4.90 Å². The Kier molecular flexibility index (Phi) is 7.73. The zero-order chi connectivity index (χ0) is 37.0. The van der Waals surface area contributed by atoms with Crippen molar-refractivity contribution in [2.45, 2.75) is 25.2 Å². The molecule has 0 N–H and O–H groups in total. The van der Waals surface area contributed by atoms with Crippen LogP contribution in [0.2, 0.25) is 0 Å². The Balaban J connectivity index is 1.29. The van der Waals surface area contributed by atoms with Gasteiger partial charge < -0.3 is 9.47 Å². The number of rotatable bonds is 6. The number of fused-ring (bicyclic) bond motifs is 5. The lowest BCUT2D eigenvalue weighted by Gasteiger charge is -2.36. The molecular formula is C52H38N4.